The molecule has 0 aromatic heterocycles. The molecule has 6 heteroatoms. The van der Waals surface area contributed by atoms with Gasteiger partial charge >= 0.3 is 0 Å². The number of hydrogen-bond donors (Lipinski definition) is 0. The number of halogens is 2. The molecule has 0 atom stereocenters. The normalized spacial score (nSPS) is 10.8. The van der Waals surface area contributed by atoms with E-state index in [1.54, 1.807) is 0 Å². The van der Waals surface area contributed by atoms with E-state index in [-0.39, 0.29) is 5.91 Å². The number of nitrogens with zero attached hydrogens (tertiary/aromatic N) is 1. The van der Waals surface area contributed by atoms with E-state index in [1.807, 2.05) is 59.6 Å². The number of carbonyl (C=O) groups is 1. The summed E-state index contributed by atoms with van der Waals surface area (Å²) in [6.07, 6.45) is 0.559. The number of rotatable bonds is 11. The van der Waals surface area contributed by atoms with Crippen molar-refractivity contribution in [3.05, 3.63) is 69.7 Å². The van der Waals surface area contributed by atoms with Crippen LogP contribution >= 0.6 is 46.7 Å². The van der Waals surface area contributed by atoms with E-state index in [9.17, 15) is 4.79 Å². The maximum atomic E-state index is 12.2. The van der Waals surface area contributed by atoms with Gasteiger partial charge in [0.25, 0.3) is 0 Å². The summed E-state index contributed by atoms with van der Waals surface area (Å²) in [4.78, 5) is 14.2. The Morgan fingerprint density at radius 3 is 1.59 bits per heavy atom. The number of benzene rings is 2. The molecular formula is C21H25Cl2NOS2. The van der Waals surface area contributed by atoms with E-state index in [0.717, 1.165) is 46.1 Å². The van der Waals surface area contributed by atoms with Gasteiger partial charge in [-0.25, -0.2) is 0 Å². The second-order valence-electron chi connectivity index (χ2n) is 6.09. The molecule has 2 aromatic carbocycles. The van der Waals surface area contributed by atoms with Crippen molar-refractivity contribution in [1.82, 2.24) is 4.90 Å². The molecule has 2 nitrogen and oxygen atoms in total. The highest BCUT2D eigenvalue weighted by Crippen LogP contribution is 2.17. The van der Waals surface area contributed by atoms with Crippen LogP contribution in [0.3, 0.4) is 0 Å². The van der Waals surface area contributed by atoms with E-state index in [4.69, 9.17) is 23.2 Å². The lowest BCUT2D eigenvalue weighted by atomic mass is 10.2. The average molecular weight is 442 g/mol. The Morgan fingerprint density at radius 2 is 1.22 bits per heavy atom. The molecule has 0 fully saturated rings. The minimum atomic E-state index is 0.231. The fourth-order valence-electron chi connectivity index (χ4n) is 2.48. The van der Waals surface area contributed by atoms with Crippen molar-refractivity contribution in [3.63, 3.8) is 0 Å². The van der Waals surface area contributed by atoms with E-state index in [1.165, 1.54) is 11.1 Å². The SMILES string of the molecule is CCC(=O)N(CCSCc1ccc(Cl)cc1)CCSCc1ccc(Cl)cc1. The lowest BCUT2D eigenvalue weighted by molar-refractivity contribution is -0.130. The second-order valence-corrected chi connectivity index (χ2v) is 9.18. The third-order valence-corrected chi connectivity index (χ3v) is 6.55. The Hall–Kier alpha value is -0.810. The third kappa shape index (κ3) is 8.82. The first-order valence-electron chi connectivity index (χ1n) is 9.00. The van der Waals surface area contributed by atoms with Crippen molar-refractivity contribution in [3.8, 4) is 0 Å². The van der Waals surface area contributed by atoms with Crippen LogP contribution in [0, 0.1) is 0 Å². The smallest absolute Gasteiger partial charge is 0.222 e. The van der Waals surface area contributed by atoms with Gasteiger partial charge in [0, 0.05) is 52.6 Å². The monoisotopic (exact) mass is 441 g/mol. The number of thioether (sulfide) groups is 2. The number of amides is 1. The largest absolute Gasteiger partial charge is 0.341 e. The van der Waals surface area contributed by atoms with Crippen LogP contribution in [-0.4, -0.2) is 35.4 Å². The number of carbonyl (C=O) groups excluding carboxylic acids is 1. The summed E-state index contributed by atoms with van der Waals surface area (Å²) in [5.41, 5.74) is 2.52. The summed E-state index contributed by atoms with van der Waals surface area (Å²) >= 11 is 15.5. The third-order valence-electron chi connectivity index (χ3n) is 4.03. The zero-order valence-electron chi connectivity index (χ0n) is 15.5. The summed E-state index contributed by atoms with van der Waals surface area (Å²) in [6.45, 7) is 3.52. The first-order chi connectivity index (χ1) is 13.1. The Morgan fingerprint density at radius 1 is 0.815 bits per heavy atom. The van der Waals surface area contributed by atoms with Gasteiger partial charge in [0.2, 0.25) is 5.91 Å². The summed E-state index contributed by atoms with van der Waals surface area (Å²) in [7, 11) is 0. The van der Waals surface area contributed by atoms with E-state index in [0.29, 0.717) is 6.42 Å². The van der Waals surface area contributed by atoms with Gasteiger partial charge in [0.1, 0.15) is 0 Å². The van der Waals surface area contributed by atoms with Crippen molar-refractivity contribution < 1.29 is 4.79 Å². The molecule has 0 aliphatic carbocycles. The van der Waals surface area contributed by atoms with Crippen LogP contribution in [0.5, 0.6) is 0 Å². The van der Waals surface area contributed by atoms with Crippen LogP contribution < -0.4 is 0 Å². The minimum absolute atomic E-state index is 0.231. The van der Waals surface area contributed by atoms with Gasteiger partial charge in [0.15, 0.2) is 0 Å². The van der Waals surface area contributed by atoms with Gasteiger partial charge in [-0.2, -0.15) is 23.5 Å². The average Bonchev–Trinajstić information content (AvgIpc) is 2.69. The molecule has 27 heavy (non-hydrogen) atoms. The summed E-state index contributed by atoms with van der Waals surface area (Å²) in [5, 5.41) is 1.53. The minimum Gasteiger partial charge on any atom is -0.341 e. The molecule has 0 spiro atoms. The van der Waals surface area contributed by atoms with Crippen LogP contribution in [0.1, 0.15) is 24.5 Å². The van der Waals surface area contributed by atoms with Crippen LogP contribution in [0.4, 0.5) is 0 Å². The molecular weight excluding hydrogens is 417 g/mol. The molecule has 0 aliphatic heterocycles. The first-order valence-corrected chi connectivity index (χ1v) is 12.1. The quantitative estimate of drug-likeness (QED) is 0.376. The lowest BCUT2D eigenvalue weighted by Crippen LogP contribution is -2.34. The highest BCUT2D eigenvalue weighted by molar-refractivity contribution is 7.98. The Balaban J connectivity index is 1.68. The summed E-state index contributed by atoms with van der Waals surface area (Å²) in [6, 6.07) is 15.9. The zero-order chi connectivity index (χ0) is 19.5. The molecule has 0 bridgehead atoms. The standard InChI is InChI=1S/C21H25Cl2NOS2/c1-2-21(25)24(11-13-26-15-17-3-7-19(22)8-4-17)12-14-27-16-18-5-9-20(23)10-6-18/h3-10H,2,11-16H2,1H3. The molecule has 0 radical (unpaired) electrons. The number of hydrogen-bond acceptors (Lipinski definition) is 3. The van der Waals surface area contributed by atoms with Crippen molar-refractivity contribution in [2.45, 2.75) is 24.9 Å². The molecule has 2 aromatic rings. The van der Waals surface area contributed by atoms with Gasteiger partial charge in [-0.15, -0.1) is 0 Å². The maximum absolute atomic E-state index is 12.2. The molecule has 0 saturated heterocycles. The lowest BCUT2D eigenvalue weighted by Gasteiger charge is -2.22. The van der Waals surface area contributed by atoms with Crippen LogP contribution in [0.15, 0.2) is 48.5 Å². The molecule has 0 saturated carbocycles. The van der Waals surface area contributed by atoms with Gasteiger partial charge in [-0.1, -0.05) is 54.4 Å². The predicted octanol–water partition coefficient (Wildman–Crippen LogP) is 6.40. The van der Waals surface area contributed by atoms with Crippen molar-refractivity contribution in [1.29, 1.82) is 0 Å². The van der Waals surface area contributed by atoms with E-state index in [2.05, 4.69) is 24.3 Å². The topological polar surface area (TPSA) is 20.3 Å². The fourth-order valence-corrected chi connectivity index (χ4v) is 4.57. The van der Waals surface area contributed by atoms with Gasteiger partial charge in [-0.3, -0.25) is 4.79 Å². The van der Waals surface area contributed by atoms with Crippen LogP contribution in [0.25, 0.3) is 0 Å². The van der Waals surface area contributed by atoms with Crippen molar-refractivity contribution in [2.75, 3.05) is 24.6 Å². The van der Waals surface area contributed by atoms with Crippen LogP contribution in [0.2, 0.25) is 10.0 Å². The molecule has 0 N–H and O–H groups in total. The van der Waals surface area contributed by atoms with E-state index < -0.39 is 0 Å². The molecule has 1 amide bonds. The molecule has 146 valence electrons. The van der Waals surface area contributed by atoms with E-state index >= 15 is 0 Å². The highest BCUT2D eigenvalue weighted by Gasteiger charge is 2.11. The molecule has 0 heterocycles. The Labute approximate surface area is 181 Å². The zero-order valence-corrected chi connectivity index (χ0v) is 18.6. The van der Waals surface area contributed by atoms with Crippen LogP contribution in [-0.2, 0) is 16.3 Å². The summed E-state index contributed by atoms with van der Waals surface area (Å²) < 4.78 is 0. The second kappa shape index (κ2) is 12.6. The highest BCUT2D eigenvalue weighted by atomic mass is 35.5. The Kier molecular flexibility index (Phi) is 10.5. The molecule has 2 rings (SSSR count). The van der Waals surface area contributed by atoms with Gasteiger partial charge in [0.05, 0.1) is 0 Å². The summed E-state index contributed by atoms with van der Waals surface area (Å²) in [5.74, 6) is 3.99. The Bertz CT molecular complexity index is 639. The first kappa shape index (κ1) is 22.5. The maximum Gasteiger partial charge on any atom is 0.222 e. The van der Waals surface area contributed by atoms with Crippen molar-refractivity contribution >= 4 is 52.6 Å². The fraction of sp³-hybridized carbons (Fsp3) is 0.381. The van der Waals surface area contributed by atoms with Crippen molar-refractivity contribution in [2.24, 2.45) is 0 Å². The van der Waals surface area contributed by atoms with Gasteiger partial charge < -0.3 is 4.90 Å². The van der Waals surface area contributed by atoms with Gasteiger partial charge in [-0.05, 0) is 35.4 Å². The molecule has 0 unspecified atom stereocenters. The predicted molar refractivity (Wildman–Crippen MR) is 122 cm³/mol. The molecule has 0 aliphatic rings.